The molecule has 4 nitrogen and oxygen atoms in total. The van der Waals surface area contributed by atoms with E-state index < -0.39 is 0 Å². The molecule has 0 heterocycles. The lowest BCUT2D eigenvalue weighted by Gasteiger charge is -2.06. The number of aliphatic imine (C=N–C) groups is 1. The molecule has 0 radical (unpaired) electrons. The lowest BCUT2D eigenvalue weighted by Crippen LogP contribution is -2.12. The van der Waals surface area contributed by atoms with Crippen LogP contribution in [0.25, 0.3) is 10.8 Å². The molecule has 108 valence electrons. The molecule has 4 heteroatoms. The number of nitrogens with zero attached hydrogens (tertiary/aromatic N) is 1. The average Bonchev–Trinajstić information content (AvgIpc) is 2.54. The molecule has 0 aliphatic carbocycles. The number of rotatable bonds is 3. The highest BCUT2D eigenvalue weighted by Crippen LogP contribution is 2.25. The lowest BCUT2D eigenvalue weighted by molar-refractivity contribution is -0.109. The van der Waals surface area contributed by atoms with E-state index in [9.17, 15) is 9.90 Å². The second-order valence-electron chi connectivity index (χ2n) is 4.76. The van der Waals surface area contributed by atoms with Gasteiger partial charge in [-0.15, -0.1) is 0 Å². The molecule has 0 aliphatic heterocycles. The number of carbonyl (C=O) groups is 1. The minimum Gasteiger partial charge on any atom is -0.506 e. The van der Waals surface area contributed by atoms with Gasteiger partial charge in [-0.1, -0.05) is 48.5 Å². The fourth-order valence-corrected chi connectivity index (χ4v) is 2.20. The molecule has 0 unspecified atom stereocenters. The fourth-order valence-electron chi connectivity index (χ4n) is 2.20. The smallest absolute Gasteiger partial charge is 0.266 e. The molecule has 3 rings (SSSR count). The summed E-state index contributed by atoms with van der Waals surface area (Å²) in [5, 5.41) is 14.4. The molecule has 0 atom stereocenters. The van der Waals surface area contributed by atoms with Crippen molar-refractivity contribution in [2.75, 3.05) is 5.32 Å². The van der Waals surface area contributed by atoms with Gasteiger partial charge in [0.2, 0.25) is 0 Å². The van der Waals surface area contributed by atoms with E-state index in [4.69, 9.17) is 0 Å². The number of fused-ring (bicyclic) bond motifs is 1. The molecule has 22 heavy (non-hydrogen) atoms. The third-order valence-electron chi connectivity index (χ3n) is 3.25. The molecule has 2 N–H and O–H groups in total. The summed E-state index contributed by atoms with van der Waals surface area (Å²) in [4.78, 5) is 16.0. The van der Waals surface area contributed by atoms with E-state index in [0.29, 0.717) is 5.69 Å². The Hall–Kier alpha value is -3.14. The average molecular weight is 290 g/mol. The second kappa shape index (κ2) is 6.10. The predicted molar refractivity (Wildman–Crippen MR) is 88.8 cm³/mol. The van der Waals surface area contributed by atoms with Crippen LogP contribution in [0.1, 0.15) is 0 Å². The maximum atomic E-state index is 12.0. The molecule has 0 bridgehead atoms. The van der Waals surface area contributed by atoms with Crippen molar-refractivity contribution in [3.63, 3.8) is 0 Å². The van der Waals surface area contributed by atoms with Crippen LogP contribution in [-0.4, -0.2) is 17.2 Å². The number of phenolic OH excluding ortho intramolecular Hbond substituents is 1. The number of phenols is 1. The molecule has 3 aromatic carbocycles. The Balaban J connectivity index is 1.81. The summed E-state index contributed by atoms with van der Waals surface area (Å²) in [5.74, 6) is -0.309. The Morgan fingerprint density at radius 3 is 2.55 bits per heavy atom. The maximum Gasteiger partial charge on any atom is 0.266 e. The summed E-state index contributed by atoms with van der Waals surface area (Å²) >= 11 is 0. The van der Waals surface area contributed by atoms with Crippen LogP contribution in [0.5, 0.6) is 5.75 Å². The highest BCUT2D eigenvalue weighted by atomic mass is 16.3. The predicted octanol–water partition coefficient (Wildman–Crippen LogP) is 3.89. The van der Waals surface area contributed by atoms with E-state index in [1.807, 2.05) is 42.5 Å². The first-order valence-corrected chi connectivity index (χ1v) is 6.85. The highest BCUT2D eigenvalue weighted by Gasteiger charge is 2.04. The Bertz CT molecular complexity index is 851. The number of benzene rings is 3. The van der Waals surface area contributed by atoms with Crippen molar-refractivity contribution in [2.24, 2.45) is 4.99 Å². The number of anilines is 1. The summed E-state index contributed by atoms with van der Waals surface area (Å²) in [6.07, 6.45) is 1.16. The number of hydrogen-bond donors (Lipinski definition) is 2. The van der Waals surface area contributed by atoms with Crippen LogP contribution in [0.2, 0.25) is 0 Å². The minimum atomic E-state index is -0.348. The molecule has 3 aromatic rings. The normalized spacial score (nSPS) is 10.9. The number of amides is 1. The molecule has 1 amide bonds. The maximum absolute atomic E-state index is 12.0. The van der Waals surface area contributed by atoms with Gasteiger partial charge in [-0.05, 0) is 23.6 Å². The van der Waals surface area contributed by atoms with Gasteiger partial charge in [0.05, 0.1) is 6.21 Å². The Labute approximate surface area is 127 Å². The number of para-hydroxylation sites is 2. The molecule has 0 aromatic heterocycles. The monoisotopic (exact) mass is 290 g/mol. The van der Waals surface area contributed by atoms with Gasteiger partial charge in [0.25, 0.3) is 5.91 Å². The van der Waals surface area contributed by atoms with E-state index in [1.165, 1.54) is 6.07 Å². The number of hydrogen-bond acceptors (Lipinski definition) is 3. The summed E-state index contributed by atoms with van der Waals surface area (Å²) in [6.45, 7) is 0. The topological polar surface area (TPSA) is 61.7 Å². The van der Waals surface area contributed by atoms with Gasteiger partial charge < -0.3 is 10.4 Å². The fraction of sp³-hybridized carbons (Fsp3) is 0. The molecule has 0 saturated carbocycles. The zero-order valence-electron chi connectivity index (χ0n) is 11.7. The summed E-state index contributed by atoms with van der Waals surface area (Å²) in [6, 6.07) is 20.1. The lowest BCUT2D eigenvalue weighted by atomic mass is 10.1. The number of nitrogens with one attached hydrogen (secondary N) is 1. The standard InChI is InChI=1S/C18H14N2O2/c21-17-11-4-3-9-16(17)19-12-18(22)20-15-10-5-7-13-6-1-2-8-14(13)15/h1-12,21H,(H,20,22). The quantitative estimate of drug-likeness (QED) is 0.719. The molecular weight excluding hydrogens is 276 g/mol. The Morgan fingerprint density at radius 2 is 1.68 bits per heavy atom. The summed E-state index contributed by atoms with van der Waals surface area (Å²) in [7, 11) is 0. The van der Waals surface area contributed by atoms with E-state index in [-0.39, 0.29) is 11.7 Å². The van der Waals surface area contributed by atoms with Gasteiger partial charge in [-0.3, -0.25) is 4.79 Å². The third-order valence-corrected chi connectivity index (χ3v) is 3.25. The van der Waals surface area contributed by atoms with E-state index >= 15 is 0 Å². The second-order valence-corrected chi connectivity index (χ2v) is 4.76. The number of aromatic hydroxyl groups is 1. The van der Waals surface area contributed by atoms with Crippen molar-refractivity contribution in [3.05, 3.63) is 66.7 Å². The van der Waals surface area contributed by atoms with Crippen molar-refractivity contribution in [1.82, 2.24) is 0 Å². The molecule has 0 spiro atoms. The van der Waals surface area contributed by atoms with Gasteiger partial charge in [0, 0.05) is 11.1 Å². The molecule has 0 saturated heterocycles. The van der Waals surface area contributed by atoms with E-state index in [1.54, 1.807) is 18.2 Å². The van der Waals surface area contributed by atoms with Crippen LogP contribution in [0.3, 0.4) is 0 Å². The van der Waals surface area contributed by atoms with Crippen LogP contribution < -0.4 is 5.32 Å². The van der Waals surface area contributed by atoms with Gasteiger partial charge in [-0.2, -0.15) is 0 Å². The minimum absolute atomic E-state index is 0.0386. The molecule has 0 aliphatic rings. The SMILES string of the molecule is O=C(C=Nc1ccccc1O)Nc1cccc2ccccc12. The molecule has 0 fully saturated rings. The van der Waals surface area contributed by atoms with Crippen molar-refractivity contribution < 1.29 is 9.90 Å². The highest BCUT2D eigenvalue weighted by molar-refractivity contribution is 6.33. The summed E-state index contributed by atoms with van der Waals surface area (Å²) < 4.78 is 0. The number of carbonyl (C=O) groups excluding carboxylic acids is 1. The first-order valence-electron chi connectivity index (χ1n) is 6.85. The van der Waals surface area contributed by atoms with Crippen LogP contribution >= 0.6 is 0 Å². The van der Waals surface area contributed by atoms with Crippen LogP contribution in [-0.2, 0) is 4.79 Å². The van der Waals surface area contributed by atoms with Gasteiger partial charge in [-0.25, -0.2) is 4.99 Å². The van der Waals surface area contributed by atoms with Crippen molar-refractivity contribution in [2.45, 2.75) is 0 Å². The Morgan fingerprint density at radius 1 is 0.955 bits per heavy atom. The first kappa shape index (κ1) is 13.8. The van der Waals surface area contributed by atoms with Crippen molar-refractivity contribution in [3.8, 4) is 5.75 Å². The molecular formula is C18H14N2O2. The zero-order chi connectivity index (χ0) is 15.4. The third kappa shape index (κ3) is 2.96. The zero-order valence-corrected chi connectivity index (χ0v) is 11.7. The van der Waals surface area contributed by atoms with Crippen molar-refractivity contribution in [1.29, 1.82) is 0 Å². The Kier molecular flexibility index (Phi) is 3.83. The summed E-state index contributed by atoms with van der Waals surface area (Å²) in [5.41, 5.74) is 1.09. The van der Waals surface area contributed by atoms with Crippen LogP contribution in [0.4, 0.5) is 11.4 Å². The van der Waals surface area contributed by atoms with E-state index in [0.717, 1.165) is 22.7 Å². The largest absolute Gasteiger partial charge is 0.506 e. The van der Waals surface area contributed by atoms with Gasteiger partial charge >= 0.3 is 0 Å². The van der Waals surface area contributed by atoms with Crippen molar-refractivity contribution >= 4 is 34.3 Å². The first-order chi connectivity index (χ1) is 10.7. The van der Waals surface area contributed by atoms with Crippen LogP contribution in [0, 0.1) is 0 Å². The van der Waals surface area contributed by atoms with Gasteiger partial charge in [0.15, 0.2) is 0 Å². The van der Waals surface area contributed by atoms with Gasteiger partial charge in [0.1, 0.15) is 11.4 Å². The van der Waals surface area contributed by atoms with E-state index in [2.05, 4.69) is 10.3 Å². The van der Waals surface area contributed by atoms with Crippen LogP contribution in [0.15, 0.2) is 71.7 Å².